The van der Waals surface area contributed by atoms with Gasteiger partial charge in [0, 0.05) is 30.1 Å². The number of rotatable bonds is 5. The Hall–Kier alpha value is 0.270. The Balaban J connectivity index is 2.14. The summed E-state index contributed by atoms with van der Waals surface area (Å²) in [7, 11) is 0. The van der Waals surface area contributed by atoms with Gasteiger partial charge in [0.05, 0.1) is 0 Å². The van der Waals surface area contributed by atoms with Crippen LogP contribution in [0.4, 0.5) is 0 Å². The molecule has 1 aliphatic heterocycles. The van der Waals surface area contributed by atoms with Gasteiger partial charge in [0.15, 0.2) is 0 Å². The van der Waals surface area contributed by atoms with Crippen LogP contribution < -0.4 is 5.32 Å². The molecule has 0 aromatic rings. The monoisotopic (exact) mass is 230 g/mol. The van der Waals surface area contributed by atoms with Crippen LogP contribution in [0.15, 0.2) is 0 Å². The Morgan fingerprint density at radius 3 is 2.80 bits per heavy atom. The van der Waals surface area contributed by atoms with Crippen LogP contribution >= 0.6 is 11.8 Å². The van der Waals surface area contributed by atoms with E-state index in [-0.39, 0.29) is 0 Å². The zero-order chi connectivity index (χ0) is 11.1. The SMILES string of the molecule is CCCNCCN1CCSC(C)(C)CC1. The first kappa shape index (κ1) is 13.3. The van der Waals surface area contributed by atoms with Gasteiger partial charge in [-0.2, -0.15) is 11.8 Å². The third kappa shape index (κ3) is 5.79. The van der Waals surface area contributed by atoms with Gasteiger partial charge in [-0.15, -0.1) is 0 Å². The molecule has 0 aromatic heterocycles. The quantitative estimate of drug-likeness (QED) is 0.729. The van der Waals surface area contributed by atoms with Crippen molar-refractivity contribution in [2.75, 3.05) is 38.5 Å². The van der Waals surface area contributed by atoms with E-state index in [4.69, 9.17) is 0 Å². The Kier molecular flexibility index (Phi) is 6.02. The van der Waals surface area contributed by atoms with Crippen LogP contribution in [0.3, 0.4) is 0 Å². The number of hydrogen-bond donors (Lipinski definition) is 1. The van der Waals surface area contributed by atoms with Gasteiger partial charge < -0.3 is 10.2 Å². The first-order chi connectivity index (χ1) is 7.14. The van der Waals surface area contributed by atoms with Crippen molar-refractivity contribution in [3.63, 3.8) is 0 Å². The van der Waals surface area contributed by atoms with E-state index in [1.807, 2.05) is 0 Å². The summed E-state index contributed by atoms with van der Waals surface area (Å²) in [5.41, 5.74) is 0. The van der Waals surface area contributed by atoms with E-state index in [0.717, 1.165) is 13.1 Å². The molecule has 0 radical (unpaired) electrons. The van der Waals surface area contributed by atoms with Crippen molar-refractivity contribution in [1.29, 1.82) is 0 Å². The molecule has 1 rings (SSSR count). The van der Waals surface area contributed by atoms with Crippen LogP contribution in [0.2, 0.25) is 0 Å². The zero-order valence-corrected chi connectivity index (χ0v) is 11.3. The van der Waals surface area contributed by atoms with Crippen molar-refractivity contribution < 1.29 is 0 Å². The first-order valence-electron chi connectivity index (χ1n) is 6.21. The van der Waals surface area contributed by atoms with E-state index in [1.54, 1.807) is 0 Å². The summed E-state index contributed by atoms with van der Waals surface area (Å²) >= 11 is 2.13. The second-order valence-corrected chi connectivity index (χ2v) is 6.75. The summed E-state index contributed by atoms with van der Waals surface area (Å²) in [5.74, 6) is 1.29. The molecule has 0 unspecified atom stereocenters. The van der Waals surface area contributed by atoms with Gasteiger partial charge >= 0.3 is 0 Å². The molecule has 0 spiro atoms. The lowest BCUT2D eigenvalue weighted by molar-refractivity contribution is 0.283. The molecule has 0 atom stereocenters. The van der Waals surface area contributed by atoms with Crippen LogP contribution in [0, 0.1) is 0 Å². The highest BCUT2D eigenvalue weighted by molar-refractivity contribution is 8.00. The topological polar surface area (TPSA) is 15.3 Å². The fourth-order valence-electron chi connectivity index (χ4n) is 1.82. The van der Waals surface area contributed by atoms with Gasteiger partial charge in [-0.3, -0.25) is 0 Å². The second-order valence-electron chi connectivity index (χ2n) is 4.95. The Morgan fingerprint density at radius 1 is 1.27 bits per heavy atom. The fourth-order valence-corrected chi connectivity index (χ4v) is 2.96. The summed E-state index contributed by atoms with van der Waals surface area (Å²) in [6.07, 6.45) is 2.56. The molecule has 1 aliphatic rings. The molecule has 90 valence electrons. The predicted octanol–water partition coefficient (Wildman–Crippen LogP) is 2.20. The van der Waals surface area contributed by atoms with Gasteiger partial charge in [0.2, 0.25) is 0 Å². The molecule has 0 aromatic carbocycles. The second kappa shape index (κ2) is 6.77. The molecule has 15 heavy (non-hydrogen) atoms. The average molecular weight is 230 g/mol. The van der Waals surface area contributed by atoms with E-state index in [0.29, 0.717) is 4.75 Å². The summed E-state index contributed by atoms with van der Waals surface area (Å²) in [6.45, 7) is 13.0. The molecular formula is C12H26N2S. The summed E-state index contributed by atoms with van der Waals surface area (Å²) in [6, 6.07) is 0. The van der Waals surface area contributed by atoms with Crippen molar-refractivity contribution in [2.45, 2.75) is 38.4 Å². The maximum Gasteiger partial charge on any atom is 0.0116 e. The standard InChI is InChI=1S/C12H26N2S/c1-4-6-13-7-9-14-8-5-12(2,3)15-11-10-14/h13H,4-11H2,1-3H3. The molecule has 0 aliphatic carbocycles. The molecule has 2 nitrogen and oxygen atoms in total. The Morgan fingerprint density at radius 2 is 2.07 bits per heavy atom. The normalized spacial score (nSPS) is 22.6. The van der Waals surface area contributed by atoms with Gasteiger partial charge in [-0.1, -0.05) is 20.8 Å². The number of nitrogens with zero attached hydrogens (tertiary/aromatic N) is 1. The molecular weight excluding hydrogens is 204 g/mol. The average Bonchev–Trinajstić information content (AvgIpc) is 2.35. The molecule has 0 bridgehead atoms. The Labute approximate surface area is 99.2 Å². The minimum absolute atomic E-state index is 0.492. The van der Waals surface area contributed by atoms with Crippen LogP contribution in [0.5, 0.6) is 0 Å². The number of nitrogens with one attached hydrogen (secondary N) is 1. The summed E-state index contributed by atoms with van der Waals surface area (Å²) < 4.78 is 0.492. The predicted molar refractivity (Wildman–Crippen MR) is 70.8 cm³/mol. The Bertz CT molecular complexity index is 171. The van der Waals surface area contributed by atoms with E-state index >= 15 is 0 Å². The van der Waals surface area contributed by atoms with Gasteiger partial charge in [-0.25, -0.2) is 0 Å². The number of hydrogen-bond acceptors (Lipinski definition) is 3. The third-order valence-corrected chi connectivity index (χ3v) is 4.33. The fraction of sp³-hybridized carbons (Fsp3) is 1.00. The lowest BCUT2D eigenvalue weighted by Crippen LogP contribution is -2.34. The molecule has 0 amide bonds. The zero-order valence-electron chi connectivity index (χ0n) is 10.5. The van der Waals surface area contributed by atoms with E-state index < -0.39 is 0 Å². The molecule has 1 fully saturated rings. The van der Waals surface area contributed by atoms with Crippen molar-refractivity contribution in [3.8, 4) is 0 Å². The van der Waals surface area contributed by atoms with Gasteiger partial charge in [0.1, 0.15) is 0 Å². The molecule has 3 heteroatoms. The summed E-state index contributed by atoms with van der Waals surface area (Å²) in [4.78, 5) is 2.60. The van der Waals surface area contributed by atoms with Crippen LogP contribution in [-0.4, -0.2) is 48.1 Å². The van der Waals surface area contributed by atoms with E-state index in [1.165, 1.54) is 38.2 Å². The van der Waals surface area contributed by atoms with Gasteiger partial charge in [-0.05, 0) is 25.9 Å². The van der Waals surface area contributed by atoms with Gasteiger partial charge in [0.25, 0.3) is 0 Å². The van der Waals surface area contributed by atoms with Crippen molar-refractivity contribution in [3.05, 3.63) is 0 Å². The summed E-state index contributed by atoms with van der Waals surface area (Å²) in [5, 5.41) is 3.48. The van der Waals surface area contributed by atoms with E-state index in [2.05, 4.69) is 42.7 Å². The number of thioether (sulfide) groups is 1. The highest BCUT2D eigenvalue weighted by atomic mass is 32.2. The van der Waals surface area contributed by atoms with Crippen LogP contribution in [0.25, 0.3) is 0 Å². The first-order valence-corrected chi connectivity index (χ1v) is 7.19. The van der Waals surface area contributed by atoms with Crippen LogP contribution in [-0.2, 0) is 0 Å². The highest BCUT2D eigenvalue weighted by Crippen LogP contribution is 2.30. The smallest absolute Gasteiger partial charge is 0.0116 e. The largest absolute Gasteiger partial charge is 0.315 e. The molecule has 1 heterocycles. The van der Waals surface area contributed by atoms with Crippen molar-refractivity contribution in [2.24, 2.45) is 0 Å². The minimum Gasteiger partial charge on any atom is -0.315 e. The van der Waals surface area contributed by atoms with Crippen molar-refractivity contribution >= 4 is 11.8 Å². The molecule has 1 saturated heterocycles. The molecule has 1 N–H and O–H groups in total. The lowest BCUT2D eigenvalue weighted by Gasteiger charge is -2.22. The molecule has 0 saturated carbocycles. The third-order valence-electron chi connectivity index (χ3n) is 2.96. The maximum absolute atomic E-state index is 3.48. The van der Waals surface area contributed by atoms with Crippen molar-refractivity contribution in [1.82, 2.24) is 10.2 Å². The maximum atomic E-state index is 3.48. The van der Waals surface area contributed by atoms with Crippen LogP contribution in [0.1, 0.15) is 33.6 Å². The lowest BCUT2D eigenvalue weighted by atomic mass is 10.1. The minimum atomic E-state index is 0.492. The van der Waals surface area contributed by atoms with E-state index in [9.17, 15) is 0 Å². The highest BCUT2D eigenvalue weighted by Gasteiger charge is 2.22.